The Kier molecular flexibility index (Phi) is 7.11. The Morgan fingerprint density at radius 1 is 0.538 bits per heavy atom. The molecule has 0 aliphatic rings. The minimum Gasteiger partial charge on any atom is -0.365 e. The minimum atomic E-state index is 0.459. The molecule has 2 heterocycles. The summed E-state index contributed by atoms with van der Waals surface area (Å²) >= 11 is 0. The zero-order valence-corrected chi connectivity index (χ0v) is 14.8. The van der Waals surface area contributed by atoms with E-state index in [9.17, 15) is 0 Å². The van der Waals surface area contributed by atoms with Crippen LogP contribution < -0.4 is 21.3 Å². The van der Waals surface area contributed by atoms with E-state index in [0.717, 1.165) is 0 Å². The van der Waals surface area contributed by atoms with Gasteiger partial charge in [-0.3, -0.25) is 0 Å². The zero-order chi connectivity index (χ0) is 18.8. The van der Waals surface area contributed by atoms with Gasteiger partial charge in [-0.05, 0) is 0 Å². The number of hydrogen-bond acceptors (Lipinski definition) is 8. The number of fused-ring (bicyclic) bond motifs is 1. The van der Waals surface area contributed by atoms with Crippen LogP contribution in [0.25, 0.3) is 11.0 Å². The average Bonchev–Trinajstić information content (AvgIpc) is 2.67. The summed E-state index contributed by atoms with van der Waals surface area (Å²) in [5, 5.41) is 12.6. The number of nitrogens with zero attached hydrogens (tertiary/aromatic N) is 4. The van der Waals surface area contributed by atoms with Crippen molar-refractivity contribution in [3.63, 3.8) is 0 Å². The molecule has 2 rings (SSSR count). The number of aromatic nitrogens is 4. The molecule has 136 valence electrons. The molecule has 2 aromatic heterocycles. The number of nitrogens with one attached hydrogen (secondary N) is 4. The Morgan fingerprint density at radius 2 is 0.885 bits per heavy atom. The van der Waals surface area contributed by atoms with Crippen LogP contribution in [0.1, 0.15) is 0 Å². The van der Waals surface area contributed by atoms with Gasteiger partial charge in [0.05, 0.1) is 0 Å². The highest BCUT2D eigenvalue weighted by Gasteiger charge is 2.15. The molecule has 8 nitrogen and oxygen atoms in total. The first-order valence-corrected chi connectivity index (χ1v) is 8.22. The standard InChI is InChI=1S/C18H24N8/c1-5-9-19-15-13-14(24-17(25-15)21-11-7-3)16(20-10-6-2)26-18(23-13)22-12-8-4/h5-8H,1-4,9-12H2,(H2,19,21,24,25)(H2,20,22,23,26). The molecule has 0 saturated heterocycles. The van der Waals surface area contributed by atoms with Crippen molar-refractivity contribution in [2.45, 2.75) is 0 Å². The van der Waals surface area contributed by atoms with Gasteiger partial charge in [0.2, 0.25) is 11.9 Å². The SMILES string of the molecule is C=CCNc1nc(NCC=C)c2nc(NCC=C)nc(NCC=C)c2n1. The molecule has 8 heteroatoms. The van der Waals surface area contributed by atoms with Crippen molar-refractivity contribution in [1.29, 1.82) is 0 Å². The Bertz CT molecular complexity index is 732. The van der Waals surface area contributed by atoms with E-state index in [-0.39, 0.29) is 0 Å². The van der Waals surface area contributed by atoms with Gasteiger partial charge in [0.25, 0.3) is 0 Å². The summed E-state index contributed by atoms with van der Waals surface area (Å²) in [5.41, 5.74) is 1.20. The first kappa shape index (κ1) is 18.9. The van der Waals surface area contributed by atoms with Crippen LogP contribution in [0.5, 0.6) is 0 Å². The predicted molar refractivity (Wildman–Crippen MR) is 110 cm³/mol. The van der Waals surface area contributed by atoms with Crippen LogP contribution in [0, 0.1) is 0 Å². The first-order chi connectivity index (χ1) is 12.7. The highest BCUT2D eigenvalue weighted by Crippen LogP contribution is 2.26. The second kappa shape index (κ2) is 9.77. The molecule has 0 aliphatic carbocycles. The van der Waals surface area contributed by atoms with E-state index in [1.165, 1.54) is 0 Å². The van der Waals surface area contributed by atoms with E-state index in [4.69, 9.17) is 0 Å². The number of rotatable bonds is 12. The molecular weight excluding hydrogens is 328 g/mol. The molecule has 0 aromatic carbocycles. The van der Waals surface area contributed by atoms with Crippen molar-refractivity contribution in [3.8, 4) is 0 Å². The maximum Gasteiger partial charge on any atom is 0.225 e. The van der Waals surface area contributed by atoms with E-state index >= 15 is 0 Å². The van der Waals surface area contributed by atoms with Gasteiger partial charge in [-0.25, -0.2) is 9.97 Å². The van der Waals surface area contributed by atoms with E-state index in [1.807, 2.05) is 0 Å². The Hall–Kier alpha value is -3.42. The van der Waals surface area contributed by atoms with Crippen LogP contribution in [0.4, 0.5) is 23.5 Å². The molecule has 26 heavy (non-hydrogen) atoms. The van der Waals surface area contributed by atoms with Crippen LogP contribution >= 0.6 is 0 Å². The van der Waals surface area contributed by atoms with Crippen LogP contribution in [-0.2, 0) is 0 Å². The van der Waals surface area contributed by atoms with Crippen molar-refractivity contribution in [3.05, 3.63) is 50.6 Å². The third kappa shape index (κ3) is 4.79. The van der Waals surface area contributed by atoms with E-state index < -0.39 is 0 Å². The molecule has 0 fully saturated rings. The van der Waals surface area contributed by atoms with Crippen molar-refractivity contribution >= 4 is 34.6 Å². The topological polar surface area (TPSA) is 99.7 Å². The van der Waals surface area contributed by atoms with Gasteiger partial charge in [-0.2, -0.15) is 9.97 Å². The molecule has 0 saturated carbocycles. The maximum atomic E-state index is 4.55. The van der Waals surface area contributed by atoms with Crippen LogP contribution in [0.15, 0.2) is 50.6 Å². The van der Waals surface area contributed by atoms with Gasteiger partial charge in [0.1, 0.15) is 11.0 Å². The lowest BCUT2D eigenvalue weighted by atomic mass is 10.3. The lowest BCUT2D eigenvalue weighted by Gasteiger charge is -2.14. The van der Waals surface area contributed by atoms with Crippen LogP contribution in [0.2, 0.25) is 0 Å². The minimum absolute atomic E-state index is 0.459. The normalized spacial score (nSPS) is 10.0. The largest absolute Gasteiger partial charge is 0.365 e. The van der Waals surface area contributed by atoms with Crippen molar-refractivity contribution in [2.24, 2.45) is 0 Å². The summed E-state index contributed by atoms with van der Waals surface area (Å²) in [7, 11) is 0. The molecular formula is C18H24N8. The second-order valence-corrected chi connectivity index (χ2v) is 5.17. The monoisotopic (exact) mass is 352 g/mol. The summed E-state index contributed by atoms with van der Waals surface area (Å²) in [6.45, 7) is 17.0. The predicted octanol–water partition coefficient (Wildman–Crippen LogP) is 2.81. The number of anilines is 4. The second-order valence-electron chi connectivity index (χ2n) is 5.17. The fourth-order valence-corrected chi connectivity index (χ4v) is 2.08. The summed E-state index contributed by atoms with van der Waals surface area (Å²) in [6.07, 6.45) is 6.97. The number of hydrogen-bond donors (Lipinski definition) is 4. The van der Waals surface area contributed by atoms with Crippen LogP contribution in [-0.4, -0.2) is 46.1 Å². The van der Waals surface area contributed by atoms with Crippen molar-refractivity contribution in [2.75, 3.05) is 47.4 Å². The van der Waals surface area contributed by atoms with Gasteiger partial charge in [0.15, 0.2) is 11.6 Å². The summed E-state index contributed by atoms with van der Waals surface area (Å²) in [5.74, 6) is 2.10. The summed E-state index contributed by atoms with van der Waals surface area (Å²) in [4.78, 5) is 18.1. The van der Waals surface area contributed by atoms with E-state index in [0.29, 0.717) is 60.7 Å². The summed E-state index contributed by atoms with van der Waals surface area (Å²) in [6, 6.07) is 0. The third-order valence-corrected chi connectivity index (χ3v) is 3.18. The van der Waals surface area contributed by atoms with Gasteiger partial charge in [0, 0.05) is 26.2 Å². The molecule has 0 radical (unpaired) electrons. The molecule has 0 spiro atoms. The van der Waals surface area contributed by atoms with Gasteiger partial charge < -0.3 is 21.3 Å². The quantitative estimate of drug-likeness (QED) is 0.433. The van der Waals surface area contributed by atoms with Crippen molar-refractivity contribution < 1.29 is 0 Å². The smallest absolute Gasteiger partial charge is 0.225 e. The Labute approximate surface area is 153 Å². The molecule has 0 aliphatic heterocycles. The van der Waals surface area contributed by atoms with Crippen molar-refractivity contribution in [1.82, 2.24) is 19.9 Å². The molecule has 0 bridgehead atoms. The zero-order valence-electron chi connectivity index (χ0n) is 14.8. The molecule has 0 atom stereocenters. The first-order valence-electron chi connectivity index (χ1n) is 8.22. The van der Waals surface area contributed by atoms with Gasteiger partial charge >= 0.3 is 0 Å². The molecule has 2 aromatic rings. The van der Waals surface area contributed by atoms with Gasteiger partial charge in [-0.1, -0.05) is 24.3 Å². The van der Waals surface area contributed by atoms with Gasteiger partial charge in [-0.15, -0.1) is 26.3 Å². The maximum absolute atomic E-state index is 4.55. The third-order valence-electron chi connectivity index (χ3n) is 3.18. The highest BCUT2D eigenvalue weighted by atomic mass is 15.2. The van der Waals surface area contributed by atoms with E-state index in [1.54, 1.807) is 24.3 Å². The Balaban J connectivity index is 2.60. The summed E-state index contributed by atoms with van der Waals surface area (Å²) < 4.78 is 0. The van der Waals surface area contributed by atoms with E-state index in [2.05, 4.69) is 67.5 Å². The van der Waals surface area contributed by atoms with Crippen LogP contribution in [0.3, 0.4) is 0 Å². The lowest BCUT2D eigenvalue weighted by Crippen LogP contribution is -2.13. The Morgan fingerprint density at radius 3 is 1.23 bits per heavy atom. The average molecular weight is 352 g/mol. The lowest BCUT2D eigenvalue weighted by molar-refractivity contribution is 1.09. The fraction of sp³-hybridized carbons (Fsp3) is 0.222. The highest BCUT2D eigenvalue weighted by molar-refractivity contribution is 5.94. The molecule has 0 amide bonds. The molecule has 0 unspecified atom stereocenters. The fourth-order valence-electron chi connectivity index (χ4n) is 2.08. The molecule has 4 N–H and O–H groups in total.